The van der Waals surface area contributed by atoms with Crippen LogP contribution < -0.4 is 5.73 Å². The average Bonchev–Trinajstić information content (AvgIpc) is 2.29. The van der Waals surface area contributed by atoms with Gasteiger partial charge < -0.3 is 10.5 Å². The molecule has 1 saturated heterocycles. The van der Waals surface area contributed by atoms with E-state index in [0.29, 0.717) is 10.5 Å². The van der Waals surface area contributed by atoms with E-state index in [1.54, 1.807) is 0 Å². The number of hydrogen-bond donors (Lipinski definition) is 1. The Morgan fingerprint density at radius 2 is 2.00 bits per heavy atom. The number of thioether (sulfide) groups is 1. The molecule has 0 radical (unpaired) electrons. The molecular weight excluding hydrogens is 230 g/mol. The Hall–Kier alpha value is -0.510. The first kappa shape index (κ1) is 12.9. The molecular formula is C14H21NOS. The summed E-state index contributed by atoms with van der Waals surface area (Å²) in [5.41, 5.74) is 8.90. The Morgan fingerprint density at radius 1 is 1.35 bits per heavy atom. The molecule has 0 bridgehead atoms. The van der Waals surface area contributed by atoms with E-state index in [1.165, 1.54) is 11.1 Å². The first-order valence-electron chi connectivity index (χ1n) is 6.26. The molecule has 0 amide bonds. The van der Waals surface area contributed by atoms with Gasteiger partial charge in [-0.05, 0) is 18.9 Å². The minimum Gasteiger partial charge on any atom is -0.379 e. The molecule has 1 heterocycles. The summed E-state index contributed by atoms with van der Waals surface area (Å²) >= 11 is 1.97. The van der Waals surface area contributed by atoms with Crippen LogP contribution >= 0.6 is 11.8 Å². The molecule has 2 rings (SSSR count). The van der Waals surface area contributed by atoms with Crippen LogP contribution in [0.25, 0.3) is 0 Å². The lowest BCUT2D eigenvalue weighted by Gasteiger charge is -2.32. The van der Waals surface area contributed by atoms with E-state index in [2.05, 4.69) is 38.1 Å². The summed E-state index contributed by atoms with van der Waals surface area (Å²) in [5.74, 6) is 0. The maximum absolute atomic E-state index is 6.25. The first-order chi connectivity index (χ1) is 8.20. The van der Waals surface area contributed by atoms with Gasteiger partial charge in [0, 0.05) is 11.3 Å². The third-order valence-corrected chi connectivity index (χ3v) is 4.78. The lowest BCUT2D eigenvalue weighted by molar-refractivity contribution is 0.0452. The lowest BCUT2D eigenvalue weighted by Crippen LogP contribution is -2.35. The minimum absolute atomic E-state index is 0.225. The molecule has 1 aliphatic rings. The number of nitrogens with two attached hydrogens (primary N) is 1. The molecule has 1 fully saturated rings. The highest BCUT2D eigenvalue weighted by Crippen LogP contribution is 2.37. The Labute approximate surface area is 108 Å². The largest absolute Gasteiger partial charge is 0.379 e. The fourth-order valence-electron chi connectivity index (χ4n) is 1.90. The van der Waals surface area contributed by atoms with E-state index in [9.17, 15) is 0 Å². The first-order valence-corrected chi connectivity index (χ1v) is 7.20. The van der Waals surface area contributed by atoms with Crippen LogP contribution in [-0.4, -0.2) is 24.5 Å². The zero-order valence-electron chi connectivity index (χ0n) is 10.6. The second kappa shape index (κ2) is 5.89. The van der Waals surface area contributed by atoms with Crippen LogP contribution in [0.15, 0.2) is 24.3 Å². The quantitative estimate of drug-likeness (QED) is 0.874. The van der Waals surface area contributed by atoms with Gasteiger partial charge in [0.15, 0.2) is 0 Å². The molecule has 2 atom stereocenters. The standard InChI is InChI=1S/C14H21NOS/c1-3-13(15)14(17-12-8-16-9-12)11-6-4-10(2)5-7-11/h4-7,12-14H,3,8-9,15H2,1-2H3. The average molecular weight is 251 g/mol. The Kier molecular flexibility index (Phi) is 4.48. The molecule has 17 heavy (non-hydrogen) atoms. The molecule has 0 saturated carbocycles. The van der Waals surface area contributed by atoms with Crippen molar-refractivity contribution in [1.82, 2.24) is 0 Å². The Morgan fingerprint density at radius 3 is 2.47 bits per heavy atom. The highest BCUT2D eigenvalue weighted by atomic mass is 32.2. The fraction of sp³-hybridized carbons (Fsp3) is 0.571. The van der Waals surface area contributed by atoms with E-state index in [4.69, 9.17) is 10.5 Å². The van der Waals surface area contributed by atoms with Crippen molar-refractivity contribution >= 4 is 11.8 Å². The predicted octanol–water partition coefficient (Wildman–Crippen LogP) is 2.91. The lowest BCUT2D eigenvalue weighted by atomic mass is 10.0. The molecule has 2 nitrogen and oxygen atoms in total. The van der Waals surface area contributed by atoms with Crippen molar-refractivity contribution < 1.29 is 4.74 Å². The fourth-order valence-corrected chi connectivity index (χ4v) is 3.37. The SMILES string of the molecule is CCC(N)C(SC1COC1)c1ccc(C)cc1. The molecule has 94 valence electrons. The molecule has 0 spiro atoms. The minimum atomic E-state index is 0.225. The van der Waals surface area contributed by atoms with Crippen molar-refractivity contribution in [3.63, 3.8) is 0 Å². The number of hydrogen-bond acceptors (Lipinski definition) is 3. The molecule has 2 unspecified atom stereocenters. The maximum Gasteiger partial charge on any atom is 0.0608 e. The van der Waals surface area contributed by atoms with E-state index in [1.807, 2.05) is 11.8 Å². The van der Waals surface area contributed by atoms with Gasteiger partial charge in [0.05, 0.1) is 18.5 Å². The van der Waals surface area contributed by atoms with Gasteiger partial charge in [-0.2, -0.15) is 0 Å². The maximum atomic E-state index is 6.25. The summed E-state index contributed by atoms with van der Waals surface area (Å²) in [7, 11) is 0. The van der Waals surface area contributed by atoms with E-state index in [0.717, 1.165) is 19.6 Å². The van der Waals surface area contributed by atoms with Crippen LogP contribution in [0.5, 0.6) is 0 Å². The summed E-state index contributed by atoms with van der Waals surface area (Å²) in [5, 5.41) is 1.02. The summed E-state index contributed by atoms with van der Waals surface area (Å²) in [6.45, 7) is 6.03. The summed E-state index contributed by atoms with van der Waals surface area (Å²) in [4.78, 5) is 0. The van der Waals surface area contributed by atoms with Crippen molar-refractivity contribution in [3.8, 4) is 0 Å². The van der Waals surface area contributed by atoms with Crippen molar-refractivity contribution in [1.29, 1.82) is 0 Å². The molecule has 0 aliphatic carbocycles. The van der Waals surface area contributed by atoms with Crippen molar-refractivity contribution in [2.24, 2.45) is 5.73 Å². The van der Waals surface area contributed by atoms with Gasteiger partial charge in [0.25, 0.3) is 0 Å². The Balaban J connectivity index is 2.10. The van der Waals surface area contributed by atoms with Crippen LogP contribution in [-0.2, 0) is 4.74 Å². The van der Waals surface area contributed by atoms with Crippen LogP contribution in [0.3, 0.4) is 0 Å². The normalized spacial score (nSPS) is 19.7. The van der Waals surface area contributed by atoms with Crippen molar-refractivity contribution in [2.75, 3.05) is 13.2 Å². The van der Waals surface area contributed by atoms with Gasteiger partial charge in [0.1, 0.15) is 0 Å². The highest BCUT2D eigenvalue weighted by Gasteiger charge is 2.27. The predicted molar refractivity (Wildman–Crippen MR) is 74.4 cm³/mol. The Bertz CT molecular complexity index is 348. The van der Waals surface area contributed by atoms with Gasteiger partial charge in [-0.3, -0.25) is 0 Å². The summed E-state index contributed by atoms with van der Waals surface area (Å²) < 4.78 is 5.24. The van der Waals surface area contributed by atoms with E-state index >= 15 is 0 Å². The summed E-state index contributed by atoms with van der Waals surface area (Å²) in [6.07, 6.45) is 1.01. The molecule has 1 aromatic rings. The van der Waals surface area contributed by atoms with E-state index in [-0.39, 0.29) is 6.04 Å². The van der Waals surface area contributed by atoms with Gasteiger partial charge in [-0.25, -0.2) is 0 Å². The topological polar surface area (TPSA) is 35.2 Å². The molecule has 1 aliphatic heterocycles. The van der Waals surface area contributed by atoms with Gasteiger partial charge in [-0.15, -0.1) is 11.8 Å². The van der Waals surface area contributed by atoms with Crippen molar-refractivity contribution in [3.05, 3.63) is 35.4 Å². The molecule has 2 N–H and O–H groups in total. The van der Waals surface area contributed by atoms with Gasteiger partial charge >= 0.3 is 0 Å². The number of benzene rings is 1. The monoisotopic (exact) mass is 251 g/mol. The van der Waals surface area contributed by atoms with Crippen LogP contribution in [0.2, 0.25) is 0 Å². The zero-order valence-corrected chi connectivity index (χ0v) is 11.4. The second-order valence-electron chi connectivity index (χ2n) is 4.70. The van der Waals surface area contributed by atoms with Crippen LogP contribution in [0, 0.1) is 6.92 Å². The smallest absolute Gasteiger partial charge is 0.0608 e. The van der Waals surface area contributed by atoms with Crippen LogP contribution in [0.1, 0.15) is 29.7 Å². The second-order valence-corrected chi connectivity index (χ2v) is 6.15. The highest BCUT2D eigenvalue weighted by molar-refractivity contribution is 8.00. The molecule has 1 aromatic carbocycles. The third kappa shape index (κ3) is 3.24. The number of ether oxygens (including phenoxy) is 1. The third-order valence-electron chi connectivity index (χ3n) is 3.21. The number of aryl methyl sites for hydroxylation is 1. The molecule has 0 aromatic heterocycles. The van der Waals surface area contributed by atoms with Gasteiger partial charge in [-0.1, -0.05) is 36.8 Å². The van der Waals surface area contributed by atoms with Gasteiger partial charge in [0.2, 0.25) is 0 Å². The zero-order chi connectivity index (χ0) is 12.3. The van der Waals surface area contributed by atoms with Crippen LogP contribution in [0.4, 0.5) is 0 Å². The molecule has 3 heteroatoms. The number of rotatable bonds is 5. The summed E-state index contributed by atoms with van der Waals surface area (Å²) in [6, 6.07) is 8.98. The van der Waals surface area contributed by atoms with Crippen molar-refractivity contribution in [2.45, 2.75) is 36.8 Å². The van der Waals surface area contributed by atoms with E-state index < -0.39 is 0 Å².